The highest BCUT2D eigenvalue weighted by Crippen LogP contribution is 2.38. The Bertz CT molecular complexity index is 730. The van der Waals surface area contributed by atoms with Crippen molar-refractivity contribution in [3.8, 4) is 0 Å². The lowest BCUT2D eigenvalue weighted by molar-refractivity contribution is -0.131. The van der Waals surface area contributed by atoms with Crippen molar-refractivity contribution in [2.75, 3.05) is 13.2 Å². The van der Waals surface area contributed by atoms with Crippen molar-refractivity contribution in [3.05, 3.63) is 84.4 Å². The van der Waals surface area contributed by atoms with Gasteiger partial charge in [0, 0.05) is 5.92 Å². The zero-order chi connectivity index (χ0) is 19.9. The molecule has 150 valence electrons. The van der Waals surface area contributed by atoms with E-state index >= 15 is 0 Å². The lowest BCUT2D eigenvalue weighted by Gasteiger charge is -2.41. The normalized spacial score (nSPS) is 24.4. The van der Waals surface area contributed by atoms with Crippen LogP contribution in [0, 0.1) is 5.92 Å². The Morgan fingerprint density at radius 2 is 1.75 bits per heavy atom. The summed E-state index contributed by atoms with van der Waals surface area (Å²) in [6, 6.07) is 20.6. The average Bonchev–Trinajstić information content (AvgIpc) is 2.76. The minimum atomic E-state index is -1.04. The van der Waals surface area contributed by atoms with Crippen molar-refractivity contribution in [2.45, 2.75) is 49.7 Å². The molecule has 2 aromatic carbocycles. The average molecular weight is 381 g/mol. The lowest BCUT2D eigenvalue weighted by atomic mass is 9.76. The van der Waals surface area contributed by atoms with Crippen molar-refractivity contribution in [1.29, 1.82) is 0 Å². The topological polar surface area (TPSA) is 49.7 Å². The molecule has 0 bridgehead atoms. The summed E-state index contributed by atoms with van der Waals surface area (Å²) in [5.41, 5.74) is 0.675. The minimum Gasteiger partial charge on any atom is -0.393 e. The predicted octanol–water partition coefficient (Wildman–Crippen LogP) is 4.63. The second kappa shape index (κ2) is 9.51. The van der Waals surface area contributed by atoms with Gasteiger partial charge in [0.1, 0.15) is 5.60 Å². The first-order valence-electron chi connectivity index (χ1n) is 10.3. The van der Waals surface area contributed by atoms with Crippen LogP contribution in [0.25, 0.3) is 0 Å². The molecule has 0 radical (unpaired) electrons. The molecule has 0 heterocycles. The Morgan fingerprint density at radius 1 is 1.07 bits per heavy atom. The van der Waals surface area contributed by atoms with Gasteiger partial charge in [-0.25, -0.2) is 0 Å². The van der Waals surface area contributed by atoms with Crippen LogP contribution in [0.1, 0.15) is 43.2 Å². The van der Waals surface area contributed by atoms with E-state index in [1.54, 1.807) is 0 Å². The first-order valence-corrected chi connectivity index (χ1v) is 10.3. The smallest absolute Gasteiger partial charge is 0.111 e. The molecule has 0 saturated heterocycles. The fourth-order valence-electron chi connectivity index (χ4n) is 4.26. The van der Waals surface area contributed by atoms with Gasteiger partial charge in [0.25, 0.3) is 0 Å². The third-order valence-electron chi connectivity index (χ3n) is 6.21. The summed E-state index contributed by atoms with van der Waals surface area (Å²) in [6.45, 7) is 4.30. The van der Waals surface area contributed by atoms with Crippen LogP contribution in [0.3, 0.4) is 0 Å². The Kier molecular flexibility index (Phi) is 7.06. The molecule has 1 aliphatic rings. The number of hydrogen-bond acceptors (Lipinski definition) is 3. The molecule has 28 heavy (non-hydrogen) atoms. The Labute approximate surface area is 168 Å². The quantitative estimate of drug-likeness (QED) is 0.624. The molecule has 0 aliphatic heterocycles. The maximum absolute atomic E-state index is 10.8. The van der Waals surface area contributed by atoms with E-state index in [0.29, 0.717) is 13.0 Å². The molecule has 3 atom stereocenters. The molecule has 3 heteroatoms. The van der Waals surface area contributed by atoms with E-state index in [0.717, 1.165) is 37.7 Å². The van der Waals surface area contributed by atoms with Gasteiger partial charge in [-0.3, -0.25) is 0 Å². The summed E-state index contributed by atoms with van der Waals surface area (Å²) in [6.07, 6.45) is 7.06. The molecular weight excluding hydrogens is 348 g/mol. The zero-order valence-corrected chi connectivity index (χ0v) is 16.6. The van der Waals surface area contributed by atoms with Gasteiger partial charge in [-0.15, -0.1) is 0 Å². The summed E-state index contributed by atoms with van der Waals surface area (Å²) in [7, 11) is 0. The first-order chi connectivity index (χ1) is 13.6. The van der Waals surface area contributed by atoms with Gasteiger partial charge >= 0.3 is 0 Å². The highest BCUT2D eigenvalue weighted by Gasteiger charge is 2.40. The zero-order valence-electron chi connectivity index (χ0n) is 16.6. The first kappa shape index (κ1) is 20.8. The highest BCUT2D eigenvalue weighted by molar-refractivity contribution is 5.28. The van der Waals surface area contributed by atoms with Crippen LogP contribution in [-0.4, -0.2) is 29.0 Å². The Morgan fingerprint density at radius 3 is 2.39 bits per heavy atom. The van der Waals surface area contributed by atoms with Crippen LogP contribution < -0.4 is 0 Å². The van der Waals surface area contributed by atoms with Crippen LogP contribution in [0.4, 0.5) is 0 Å². The summed E-state index contributed by atoms with van der Waals surface area (Å²) in [4.78, 5) is 0. The van der Waals surface area contributed by atoms with Crippen LogP contribution in [-0.2, 0) is 16.8 Å². The number of aliphatic hydroxyl groups is 2. The van der Waals surface area contributed by atoms with E-state index < -0.39 is 11.2 Å². The maximum Gasteiger partial charge on any atom is 0.111 e. The van der Waals surface area contributed by atoms with Crippen LogP contribution >= 0.6 is 0 Å². The highest BCUT2D eigenvalue weighted by atomic mass is 16.5. The fourth-order valence-corrected chi connectivity index (χ4v) is 4.26. The van der Waals surface area contributed by atoms with E-state index in [9.17, 15) is 10.2 Å². The Balaban J connectivity index is 1.80. The maximum atomic E-state index is 10.8. The van der Waals surface area contributed by atoms with Gasteiger partial charge in [0.15, 0.2) is 0 Å². The number of aliphatic hydroxyl groups excluding tert-OH is 1. The standard InChI is InChI=1S/C25H32O3/c1-2-25(22-13-7-4-8-14-22,18-16-21-11-5-3-6-12-21)28-19-23-15-9-10-17-24(23,27)20-26/h2-8,11-14,23,26-27H,1,9-10,15-20H2/t23-,24-,25-/m0/s1. The van der Waals surface area contributed by atoms with Crippen molar-refractivity contribution in [2.24, 2.45) is 5.92 Å². The number of ether oxygens (including phenoxy) is 1. The molecule has 0 spiro atoms. The molecule has 1 aliphatic carbocycles. The molecule has 3 rings (SSSR count). The van der Waals surface area contributed by atoms with Crippen molar-refractivity contribution in [1.82, 2.24) is 0 Å². The number of benzene rings is 2. The van der Waals surface area contributed by atoms with Gasteiger partial charge in [0.2, 0.25) is 0 Å². The summed E-state index contributed by atoms with van der Waals surface area (Å²) in [5, 5.41) is 20.6. The number of rotatable bonds is 9. The molecule has 0 amide bonds. The lowest BCUT2D eigenvalue weighted by Crippen LogP contribution is -2.47. The van der Waals surface area contributed by atoms with Gasteiger partial charge in [0.05, 0.1) is 18.8 Å². The van der Waals surface area contributed by atoms with Gasteiger partial charge in [-0.2, -0.15) is 0 Å². The van der Waals surface area contributed by atoms with Crippen LogP contribution in [0.5, 0.6) is 0 Å². The largest absolute Gasteiger partial charge is 0.393 e. The van der Waals surface area contributed by atoms with Crippen molar-refractivity contribution < 1.29 is 14.9 Å². The predicted molar refractivity (Wildman–Crippen MR) is 113 cm³/mol. The minimum absolute atomic E-state index is 0.0639. The molecular formula is C25H32O3. The van der Waals surface area contributed by atoms with Crippen molar-refractivity contribution in [3.63, 3.8) is 0 Å². The third-order valence-corrected chi connectivity index (χ3v) is 6.21. The van der Waals surface area contributed by atoms with Crippen LogP contribution in [0.15, 0.2) is 73.3 Å². The second-order valence-electron chi connectivity index (χ2n) is 7.96. The molecule has 2 N–H and O–H groups in total. The van der Waals surface area contributed by atoms with E-state index in [-0.39, 0.29) is 12.5 Å². The van der Waals surface area contributed by atoms with E-state index in [1.807, 2.05) is 30.3 Å². The fraction of sp³-hybridized carbons (Fsp3) is 0.440. The third kappa shape index (κ3) is 4.72. The molecule has 0 unspecified atom stereocenters. The summed E-state index contributed by atoms with van der Waals surface area (Å²) >= 11 is 0. The molecule has 1 saturated carbocycles. The SMILES string of the molecule is C=C[C@@](CCc1ccccc1)(OC[C@@H]1CCCC[C@]1(O)CO)c1ccccc1. The van der Waals surface area contributed by atoms with Gasteiger partial charge in [-0.05, 0) is 36.8 Å². The molecule has 0 aromatic heterocycles. The molecule has 1 fully saturated rings. The Hall–Kier alpha value is -1.94. The second-order valence-corrected chi connectivity index (χ2v) is 7.96. The summed E-state index contributed by atoms with van der Waals surface area (Å²) in [5.74, 6) is -0.0639. The summed E-state index contributed by atoms with van der Waals surface area (Å²) < 4.78 is 6.53. The van der Waals surface area contributed by atoms with Gasteiger partial charge in [-0.1, -0.05) is 86.2 Å². The van der Waals surface area contributed by atoms with E-state index in [1.165, 1.54) is 5.56 Å². The van der Waals surface area contributed by atoms with Crippen LogP contribution in [0.2, 0.25) is 0 Å². The van der Waals surface area contributed by atoms with E-state index in [2.05, 4.69) is 43.0 Å². The van der Waals surface area contributed by atoms with Crippen molar-refractivity contribution >= 4 is 0 Å². The molecule has 3 nitrogen and oxygen atoms in total. The molecule has 2 aromatic rings. The number of hydrogen-bond donors (Lipinski definition) is 2. The van der Waals surface area contributed by atoms with Gasteiger partial charge < -0.3 is 14.9 Å². The number of aryl methyl sites for hydroxylation is 1. The monoisotopic (exact) mass is 380 g/mol. The van der Waals surface area contributed by atoms with E-state index in [4.69, 9.17) is 4.74 Å².